The summed E-state index contributed by atoms with van der Waals surface area (Å²) in [7, 11) is 0. The lowest BCUT2D eigenvalue weighted by Gasteiger charge is -2.18. The molecule has 1 aliphatic heterocycles. The van der Waals surface area contributed by atoms with Crippen molar-refractivity contribution >= 4 is 0 Å². The summed E-state index contributed by atoms with van der Waals surface area (Å²) in [6, 6.07) is 0. The molecular weight excluding hydrogens is 184 g/mol. The summed E-state index contributed by atoms with van der Waals surface area (Å²) in [6.45, 7) is 3.07. The molecule has 0 aliphatic carbocycles. The van der Waals surface area contributed by atoms with Gasteiger partial charge in [0.2, 0.25) is 5.89 Å². The number of ether oxygens (including phenoxy) is 1. The van der Waals surface area contributed by atoms with Crippen molar-refractivity contribution < 1.29 is 14.4 Å². The van der Waals surface area contributed by atoms with Crippen LogP contribution < -0.4 is 0 Å². The lowest BCUT2D eigenvalue weighted by molar-refractivity contribution is 0.0705. The first kappa shape index (κ1) is 9.61. The van der Waals surface area contributed by atoms with Crippen LogP contribution in [0.1, 0.15) is 43.5 Å². The Morgan fingerprint density at radius 2 is 2.43 bits per heavy atom. The largest absolute Gasteiger partial charge is 0.385 e. The van der Waals surface area contributed by atoms with E-state index in [-0.39, 0.29) is 5.92 Å². The highest BCUT2D eigenvalue weighted by molar-refractivity contribution is 4.96. The SMILES string of the molecule is CC(O)c1noc(C2CCCOC2)n1. The summed E-state index contributed by atoms with van der Waals surface area (Å²) in [5.41, 5.74) is 0. The third-order valence-corrected chi connectivity index (χ3v) is 2.34. The topological polar surface area (TPSA) is 68.4 Å². The van der Waals surface area contributed by atoms with Gasteiger partial charge < -0.3 is 14.4 Å². The van der Waals surface area contributed by atoms with Gasteiger partial charge >= 0.3 is 0 Å². The van der Waals surface area contributed by atoms with Crippen LogP contribution in [0.25, 0.3) is 0 Å². The lowest BCUT2D eigenvalue weighted by atomic mass is 10.0. The van der Waals surface area contributed by atoms with Gasteiger partial charge in [-0.25, -0.2) is 0 Å². The Kier molecular flexibility index (Phi) is 2.79. The molecule has 1 fully saturated rings. The molecule has 2 rings (SSSR count). The van der Waals surface area contributed by atoms with Crippen LogP contribution in [0.3, 0.4) is 0 Å². The molecule has 5 nitrogen and oxygen atoms in total. The molecule has 0 aromatic carbocycles. The summed E-state index contributed by atoms with van der Waals surface area (Å²) >= 11 is 0. The van der Waals surface area contributed by atoms with Crippen molar-refractivity contribution in [3.05, 3.63) is 11.7 Å². The fourth-order valence-electron chi connectivity index (χ4n) is 1.52. The van der Waals surface area contributed by atoms with E-state index in [2.05, 4.69) is 10.1 Å². The van der Waals surface area contributed by atoms with E-state index in [9.17, 15) is 5.11 Å². The fourth-order valence-corrected chi connectivity index (χ4v) is 1.52. The fraction of sp³-hybridized carbons (Fsp3) is 0.778. The van der Waals surface area contributed by atoms with E-state index in [0.29, 0.717) is 18.3 Å². The van der Waals surface area contributed by atoms with Crippen LogP contribution >= 0.6 is 0 Å². The lowest BCUT2D eigenvalue weighted by Crippen LogP contribution is -2.15. The predicted octanol–water partition coefficient (Wildman–Crippen LogP) is 1.02. The Hall–Kier alpha value is -0.940. The van der Waals surface area contributed by atoms with Crippen molar-refractivity contribution in [2.24, 2.45) is 0 Å². The summed E-state index contributed by atoms with van der Waals surface area (Å²) < 4.78 is 10.4. The smallest absolute Gasteiger partial charge is 0.232 e. The van der Waals surface area contributed by atoms with Crippen molar-refractivity contribution in [3.8, 4) is 0 Å². The number of rotatable bonds is 2. The van der Waals surface area contributed by atoms with E-state index in [1.165, 1.54) is 0 Å². The summed E-state index contributed by atoms with van der Waals surface area (Å²) in [5, 5.41) is 12.9. The zero-order valence-electron chi connectivity index (χ0n) is 8.14. The molecule has 2 heterocycles. The number of aliphatic hydroxyl groups is 1. The highest BCUT2D eigenvalue weighted by Crippen LogP contribution is 2.24. The predicted molar refractivity (Wildman–Crippen MR) is 47.7 cm³/mol. The summed E-state index contributed by atoms with van der Waals surface area (Å²) in [4.78, 5) is 4.13. The summed E-state index contributed by atoms with van der Waals surface area (Å²) in [5.74, 6) is 1.13. The Balaban J connectivity index is 2.07. The zero-order valence-corrected chi connectivity index (χ0v) is 8.14. The first-order valence-corrected chi connectivity index (χ1v) is 4.86. The number of aromatic nitrogens is 2. The molecule has 14 heavy (non-hydrogen) atoms. The normalized spacial score (nSPS) is 24.9. The molecule has 1 N–H and O–H groups in total. The third kappa shape index (κ3) is 1.93. The van der Waals surface area contributed by atoms with Gasteiger partial charge in [0.15, 0.2) is 5.82 Å². The van der Waals surface area contributed by atoms with Gasteiger partial charge in [0.05, 0.1) is 12.5 Å². The van der Waals surface area contributed by atoms with Gasteiger partial charge in [-0.1, -0.05) is 5.16 Å². The molecule has 0 amide bonds. The monoisotopic (exact) mass is 198 g/mol. The second-order valence-electron chi connectivity index (χ2n) is 3.58. The third-order valence-electron chi connectivity index (χ3n) is 2.34. The van der Waals surface area contributed by atoms with Gasteiger partial charge in [-0.3, -0.25) is 0 Å². The van der Waals surface area contributed by atoms with Crippen molar-refractivity contribution in [2.75, 3.05) is 13.2 Å². The first-order chi connectivity index (χ1) is 6.77. The van der Waals surface area contributed by atoms with Crippen LogP contribution in [0, 0.1) is 0 Å². The molecule has 0 saturated carbocycles. The highest BCUT2D eigenvalue weighted by atomic mass is 16.5. The van der Waals surface area contributed by atoms with E-state index < -0.39 is 6.10 Å². The molecule has 1 saturated heterocycles. The zero-order chi connectivity index (χ0) is 9.97. The minimum atomic E-state index is -0.669. The van der Waals surface area contributed by atoms with Crippen LogP contribution in [-0.4, -0.2) is 28.5 Å². The number of aliphatic hydroxyl groups excluding tert-OH is 1. The van der Waals surface area contributed by atoms with E-state index in [1.807, 2.05) is 0 Å². The maximum Gasteiger partial charge on any atom is 0.232 e. The molecule has 2 unspecified atom stereocenters. The van der Waals surface area contributed by atoms with E-state index in [1.54, 1.807) is 6.92 Å². The van der Waals surface area contributed by atoms with Crippen molar-refractivity contribution in [3.63, 3.8) is 0 Å². The number of hydrogen-bond donors (Lipinski definition) is 1. The van der Waals surface area contributed by atoms with E-state index >= 15 is 0 Å². The van der Waals surface area contributed by atoms with E-state index in [0.717, 1.165) is 19.4 Å². The molecule has 0 radical (unpaired) electrons. The molecule has 5 heteroatoms. The van der Waals surface area contributed by atoms with Crippen LogP contribution in [0.5, 0.6) is 0 Å². The maximum atomic E-state index is 9.22. The van der Waals surface area contributed by atoms with Gasteiger partial charge in [0, 0.05) is 6.61 Å². The Morgan fingerprint density at radius 3 is 3.00 bits per heavy atom. The minimum Gasteiger partial charge on any atom is -0.385 e. The van der Waals surface area contributed by atoms with Crippen LogP contribution in [0.2, 0.25) is 0 Å². The van der Waals surface area contributed by atoms with Gasteiger partial charge in [0.1, 0.15) is 6.10 Å². The molecule has 2 atom stereocenters. The van der Waals surface area contributed by atoms with Gasteiger partial charge in [0.25, 0.3) is 0 Å². The van der Waals surface area contributed by atoms with Crippen LogP contribution in [0.4, 0.5) is 0 Å². The van der Waals surface area contributed by atoms with Gasteiger partial charge in [-0.05, 0) is 19.8 Å². The van der Waals surface area contributed by atoms with Crippen LogP contribution in [0.15, 0.2) is 4.52 Å². The minimum absolute atomic E-state index is 0.198. The average molecular weight is 198 g/mol. The molecule has 1 aromatic heterocycles. The van der Waals surface area contributed by atoms with Crippen LogP contribution in [-0.2, 0) is 4.74 Å². The molecule has 1 aromatic rings. The maximum absolute atomic E-state index is 9.22. The van der Waals surface area contributed by atoms with Gasteiger partial charge in [-0.15, -0.1) is 0 Å². The average Bonchev–Trinajstić information content (AvgIpc) is 2.68. The second kappa shape index (κ2) is 4.06. The van der Waals surface area contributed by atoms with Crippen molar-refractivity contribution in [2.45, 2.75) is 31.8 Å². The molecule has 1 aliphatic rings. The summed E-state index contributed by atoms with van der Waals surface area (Å²) in [6.07, 6.45) is 1.37. The quantitative estimate of drug-likeness (QED) is 0.768. The molecule has 0 spiro atoms. The van der Waals surface area contributed by atoms with Crippen molar-refractivity contribution in [1.82, 2.24) is 10.1 Å². The standard InChI is InChI=1S/C9H14N2O3/c1-6(12)8-10-9(14-11-8)7-3-2-4-13-5-7/h6-7,12H,2-5H2,1H3. The van der Waals surface area contributed by atoms with E-state index in [4.69, 9.17) is 9.26 Å². The Labute approximate surface area is 82.1 Å². The number of nitrogens with zero attached hydrogens (tertiary/aromatic N) is 2. The highest BCUT2D eigenvalue weighted by Gasteiger charge is 2.22. The molecular formula is C9H14N2O3. The second-order valence-corrected chi connectivity index (χ2v) is 3.58. The molecule has 78 valence electrons. The molecule has 0 bridgehead atoms. The van der Waals surface area contributed by atoms with Crippen molar-refractivity contribution in [1.29, 1.82) is 0 Å². The van der Waals surface area contributed by atoms with Gasteiger partial charge in [-0.2, -0.15) is 4.98 Å². The number of hydrogen-bond acceptors (Lipinski definition) is 5. The Morgan fingerprint density at radius 1 is 1.57 bits per heavy atom. The first-order valence-electron chi connectivity index (χ1n) is 4.86. The Bertz CT molecular complexity index is 292.